The molecule has 1 aromatic rings. The zero-order valence-electron chi connectivity index (χ0n) is 7.42. The molecule has 0 fully saturated rings. The van der Waals surface area contributed by atoms with Gasteiger partial charge in [-0.2, -0.15) is 0 Å². The molecule has 12 heavy (non-hydrogen) atoms. The molecule has 0 amide bonds. The Bertz CT molecular complexity index is 370. The second-order valence-electron chi connectivity index (χ2n) is 2.93. The molecule has 2 nitrogen and oxygen atoms in total. The van der Waals surface area contributed by atoms with E-state index in [1.54, 1.807) is 0 Å². The van der Waals surface area contributed by atoms with E-state index in [0.717, 1.165) is 16.7 Å². The first-order valence-corrected chi connectivity index (χ1v) is 4.93. The second kappa shape index (κ2) is 3.27. The van der Waals surface area contributed by atoms with Crippen molar-refractivity contribution in [3.63, 3.8) is 0 Å². The van der Waals surface area contributed by atoms with Crippen LogP contribution in [0.4, 0.5) is 0 Å². The molecule has 0 aliphatic carbocycles. The van der Waals surface area contributed by atoms with Crippen molar-refractivity contribution in [1.82, 2.24) is 0 Å². The fraction of sp³-hybridized carbons (Fsp3) is 0.333. The lowest BCUT2D eigenvalue weighted by atomic mass is 10.1. The minimum absolute atomic E-state index is 0.477. The monoisotopic (exact) mass is 184 g/mol. The molecular weight excluding hydrogens is 172 g/mol. The average Bonchev–Trinajstić information content (AvgIpc) is 1.97. The van der Waals surface area contributed by atoms with Gasteiger partial charge in [-0.1, -0.05) is 12.1 Å². The van der Waals surface area contributed by atoms with Gasteiger partial charge in [0.05, 0.1) is 4.90 Å². The molecule has 0 saturated carbocycles. The molecule has 0 aliphatic rings. The summed E-state index contributed by atoms with van der Waals surface area (Å²) in [5, 5.41) is 0. The van der Waals surface area contributed by atoms with E-state index in [1.165, 1.54) is 0 Å². The quantitative estimate of drug-likeness (QED) is 0.672. The van der Waals surface area contributed by atoms with Crippen LogP contribution in [-0.4, -0.2) is 8.42 Å². The molecule has 0 unspecified atom stereocenters. The first-order chi connectivity index (χ1) is 5.54. The molecular formula is C9H12O2S. The van der Waals surface area contributed by atoms with E-state index >= 15 is 0 Å². The Labute approximate surface area is 74.2 Å². The molecule has 0 radical (unpaired) electrons. The van der Waals surface area contributed by atoms with Crippen LogP contribution in [0.3, 0.4) is 0 Å². The number of hydrogen-bond acceptors (Lipinski definition) is 2. The topological polar surface area (TPSA) is 34.1 Å². The molecule has 0 atom stereocenters. The first-order valence-electron chi connectivity index (χ1n) is 3.75. The highest BCUT2D eigenvalue weighted by Gasteiger charge is 2.05. The number of aryl methyl sites for hydroxylation is 2. The minimum Gasteiger partial charge on any atom is -0.227 e. The maximum atomic E-state index is 10.8. The Morgan fingerprint density at radius 3 is 1.92 bits per heavy atom. The van der Waals surface area contributed by atoms with Gasteiger partial charge in [-0.3, -0.25) is 0 Å². The van der Waals surface area contributed by atoms with Crippen molar-refractivity contribution in [2.24, 2.45) is 0 Å². The zero-order valence-corrected chi connectivity index (χ0v) is 8.31. The Hall–Kier alpha value is -0.830. The number of hydrogen-bond donors (Lipinski definition) is 1. The van der Waals surface area contributed by atoms with Crippen molar-refractivity contribution >= 4 is 10.7 Å². The fourth-order valence-corrected chi connectivity index (χ4v) is 2.03. The summed E-state index contributed by atoms with van der Waals surface area (Å²) < 4.78 is 21.7. The summed E-state index contributed by atoms with van der Waals surface area (Å²) in [6, 6.07) is 3.77. The average molecular weight is 184 g/mol. The normalized spacial score (nSPS) is 10.7. The van der Waals surface area contributed by atoms with Crippen LogP contribution in [0.1, 0.15) is 16.7 Å². The minimum atomic E-state index is -2.45. The standard InChI is InChI=1S/C9H12O2S/c1-6-4-5-7(2)9(8(6)3)12(10)11/h4-5,12H,1-3H3. The van der Waals surface area contributed by atoms with Crippen molar-refractivity contribution < 1.29 is 8.42 Å². The number of benzene rings is 1. The van der Waals surface area contributed by atoms with Crippen molar-refractivity contribution in [2.75, 3.05) is 0 Å². The predicted octanol–water partition coefficient (Wildman–Crippen LogP) is 1.58. The van der Waals surface area contributed by atoms with Crippen LogP contribution in [0.25, 0.3) is 0 Å². The predicted molar refractivity (Wildman–Crippen MR) is 49.2 cm³/mol. The van der Waals surface area contributed by atoms with Gasteiger partial charge >= 0.3 is 0 Å². The van der Waals surface area contributed by atoms with Crippen molar-refractivity contribution in [2.45, 2.75) is 25.7 Å². The van der Waals surface area contributed by atoms with Gasteiger partial charge < -0.3 is 0 Å². The van der Waals surface area contributed by atoms with Gasteiger partial charge in [-0.15, -0.1) is 0 Å². The Morgan fingerprint density at radius 2 is 1.50 bits per heavy atom. The number of rotatable bonds is 1. The zero-order chi connectivity index (χ0) is 9.30. The third kappa shape index (κ3) is 1.50. The van der Waals surface area contributed by atoms with Crippen LogP contribution in [0, 0.1) is 20.8 Å². The third-order valence-electron chi connectivity index (χ3n) is 2.09. The van der Waals surface area contributed by atoms with E-state index in [9.17, 15) is 8.42 Å². The van der Waals surface area contributed by atoms with Crippen molar-refractivity contribution in [1.29, 1.82) is 0 Å². The second-order valence-corrected chi connectivity index (χ2v) is 3.89. The van der Waals surface area contributed by atoms with Crippen molar-refractivity contribution in [3.8, 4) is 0 Å². The third-order valence-corrected chi connectivity index (χ3v) is 3.14. The highest BCUT2D eigenvalue weighted by atomic mass is 32.2. The van der Waals surface area contributed by atoms with E-state index < -0.39 is 10.7 Å². The van der Waals surface area contributed by atoms with Crippen molar-refractivity contribution in [3.05, 3.63) is 28.8 Å². The summed E-state index contributed by atoms with van der Waals surface area (Å²) in [4.78, 5) is 0.477. The smallest absolute Gasteiger partial charge is 0.168 e. The number of thiol groups is 1. The molecule has 1 aromatic carbocycles. The van der Waals surface area contributed by atoms with Crippen LogP contribution in [0.5, 0.6) is 0 Å². The van der Waals surface area contributed by atoms with Gasteiger partial charge in [-0.05, 0) is 37.5 Å². The van der Waals surface area contributed by atoms with Gasteiger partial charge in [0.1, 0.15) is 0 Å². The van der Waals surface area contributed by atoms with Gasteiger partial charge in [0, 0.05) is 0 Å². The lowest BCUT2D eigenvalue weighted by molar-refractivity contribution is 0.613. The van der Waals surface area contributed by atoms with E-state index in [2.05, 4.69) is 0 Å². The first kappa shape index (κ1) is 9.26. The summed E-state index contributed by atoms with van der Waals surface area (Å²) in [6.07, 6.45) is 0. The Balaban J connectivity index is 3.54. The molecule has 3 heteroatoms. The van der Waals surface area contributed by atoms with E-state index in [1.807, 2.05) is 32.9 Å². The van der Waals surface area contributed by atoms with Crippen LogP contribution in [0.2, 0.25) is 0 Å². The summed E-state index contributed by atoms with van der Waals surface area (Å²) >= 11 is 0. The van der Waals surface area contributed by atoms with Crippen LogP contribution < -0.4 is 0 Å². The Kier molecular flexibility index (Phi) is 2.52. The fourth-order valence-electron chi connectivity index (χ4n) is 1.22. The van der Waals surface area contributed by atoms with Crippen LogP contribution in [0.15, 0.2) is 17.0 Å². The lowest BCUT2D eigenvalue weighted by Gasteiger charge is -2.05. The summed E-state index contributed by atoms with van der Waals surface area (Å²) in [5.41, 5.74) is 2.72. The highest BCUT2D eigenvalue weighted by molar-refractivity contribution is 7.72. The van der Waals surface area contributed by atoms with Gasteiger partial charge in [0.2, 0.25) is 0 Å². The summed E-state index contributed by atoms with van der Waals surface area (Å²) in [5.74, 6) is 0. The summed E-state index contributed by atoms with van der Waals surface area (Å²) in [6.45, 7) is 5.56. The molecule has 0 saturated heterocycles. The van der Waals surface area contributed by atoms with Crippen LogP contribution in [-0.2, 0) is 10.7 Å². The van der Waals surface area contributed by atoms with Gasteiger partial charge in [0.25, 0.3) is 0 Å². The Morgan fingerprint density at radius 1 is 1.00 bits per heavy atom. The molecule has 0 aliphatic heterocycles. The molecule has 0 bridgehead atoms. The summed E-state index contributed by atoms with van der Waals surface area (Å²) in [7, 11) is -2.45. The van der Waals surface area contributed by atoms with E-state index in [0.29, 0.717) is 4.90 Å². The van der Waals surface area contributed by atoms with Gasteiger partial charge in [0.15, 0.2) is 10.7 Å². The molecule has 0 spiro atoms. The van der Waals surface area contributed by atoms with E-state index in [4.69, 9.17) is 0 Å². The largest absolute Gasteiger partial charge is 0.227 e. The van der Waals surface area contributed by atoms with Crippen LogP contribution >= 0.6 is 0 Å². The molecule has 66 valence electrons. The molecule has 0 heterocycles. The maximum absolute atomic E-state index is 10.8. The molecule has 0 N–H and O–H groups in total. The molecule has 0 aromatic heterocycles. The van der Waals surface area contributed by atoms with Gasteiger partial charge in [-0.25, -0.2) is 8.42 Å². The highest BCUT2D eigenvalue weighted by Crippen LogP contribution is 2.18. The SMILES string of the molecule is Cc1ccc(C)c([SH](=O)=O)c1C. The maximum Gasteiger partial charge on any atom is 0.168 e. The lowest BCUT2D eigenvalue weighted by Crippen LogP contribution is -1.93. The van der Waals surface area contributed by atoms with E-state index in [-0.39, 0.29) is 0 Å². The molecule has 1 rings (SSSR count).